The Kier molecular flexibility index (Phi) is 6.25. The van der Waals surface area contributed by atoms with Crippen molar-refractivity contribution in [2.75, 3.05) is 6.61 Å². The van der Waals surface area contributed by atoms with E-state index >= 15 is 0 Å². The highest BCUT2D eigenvalue weighted by atomic mass is 32.1. The molecule has 0 N–H and O–H groups in total. The number of amides is 1. The van der Waals surface area contributed by atoms with Crippen molar-refractivity contribution in [3.05, 3.63) is 28.6 Å². The largest absolute Gasteiger partial charge is 0.465 e. The van der Waals surface area contributed by atoms with Crippen LogP contribution in [0.3, 0.4) is 0 Å². The summed E-state index contributed by atoms with van der Waals surface area (Å²) < 4.78 is 7.97. The topological polar surface area (TPSA) is 60.7 Å². The van der Waals surface area contributed by atoms with E-state index in [1.54, 1.807) is 6.92 Å². The molecule has 0 aliphatic heterocycles. The maximum Gasteiger partial charge on any atom is 0.326 e. The van der Waals surface area contributed by atoms with Gasteiger partial charge in [-0.1, -0.05) is 43.6 Å². The van der Waals surface area contributed by atoms with E-state index in [0.29, 0.717) is 11.4 Å². The van der Waals surface area contributed by atoms with Gasteiger partial charge in [-0.15, -0.1) is 0 Å². The molecule has 1 aromatic carbocycles. The molecule has 3 rings (SSSR count). The predicted octanol–water partition coefficient (Wildman–Crippen LogP) is 3.84. The molecule has 1 fully saturated rings. The molecule has 1 aliphatic rings. The second kappa shape index (κ2) is 8.62. The number of benzene rings is 1. The van der Waals surface area contributed by atoms with Crippen LogP contribution in [0.2, 0.25) is 0 Å². The van der Waals surface area contributed by atoms with E-state index in [2.05, 4.69) is 24.0 Å². The number of nitrogens with zero attached hydrogens (tertiary/aromatic N) is 2. The summed E-state index contributed by atoms with van der Waals surface area (Å²) in [5.41, 5.74) is 2.16. The summed E-state index contributed by atoms with van der Waals surface area (Å²) >= 11 is 1.47. The van der Waals surface area contributed by atoms with Gasteiger partial charge in [-0.3, -0.25) is 9.59 Å². The summed E-state index contributed by atoms with van der Waals surface area (Å²) in [6, 6.07) is 6.18. The van der Waals surface area contributed by atoms with Crippen molar-refractivity contribution in [2.45, 2.75) is 58.9 Å². The Bertz CT molecular complexity index is 860. The highest BCUT2D eigenvalue weighted by molar-refractivity contribution is 7.16. The van der Waals surface area contributed by atoms with Crippen molar-refractivity contribution in [3.8, 4) is 0 Å². The SMILES string of the molecule is CCOC(=O)Cn1c(=NC(=O)C2CCCCC2)sc2cc(CC)ccc21. The van der Waals surface area contributed by atoms with Crippen molar-refractivity contribution in [2.24, 2.45) is 10.9 Å². The number of rotatable bonds is 5. The minimum atomic E-state index is -0.307. The van der Waals surface area contributed by atoms with Crippen LogP contribution in [-0.2, 0) is 27.3 Å². The Balaban J connectivity index is 2.02. The average molecular weight is 375 g/mol. The van der Waals surface area contributed by atoms with E-state index in [4.69, 9.17) is 4.74 Å². The molecule has 1 aliphatic carbocycles. The van der Waals surface area contributed by atoms with Gasteiger partial charge in [-0.2, -0.15) is 4.99 Å². The molecule has 0 bridgehead atoms. The lowest BCUT2D eigenvalue weighted by Crippen LogP contribution is -2.25. The van der Waals surface area contributed by atoms with Gasteiger partial charge in [0, 0.05) is 5.92 Å². The second-order valence-corrected chi connectivity index (χ2v) is 7.73. The Morgan fingerprint density at radius 3 is 2.69 bits per heavy atom. The average Bonchev–Trinajstić information content (AvgIpc) is 2.98. The Labute approximate surface area is 157 Å². The first kappa shape index (κ1) is 18.8. The summed E-state index contributed by atoms with van der Waals surface area (Å²) in [6.07, 6.45) is 6.19. The van der Waals surface area contributed by atoms with Gasteiger partial charge in [0.05, 0.1) is 16.8 Å². The maximum absolute atomic E-state index is 12.6. The van der Waals surface area contributed by atoms with Crippen LogP contribution < -0.4 is 4.80 Å². The van der Waals surface area contributed by atoms with Gasteiger partial charge >= 0.3 is 5.97 Å². The van der Waals surface area contributed by atoms with E-state index < -0.39 is 0 Å². The fraction of sp³-hybridized carbons (Fsp3) is 0.550. The van der Waals surface area contributed by atoms with Crippen LogP contribution in [0.5, 0.6) is 0 Å². The number of aryl methyl sites for hydroxylation is 1. The number of fused-ring (bicyclic) bond motifs is 1. The lowest BCUT2D eigenvalue weighted by molar-refractivity contribution is -0.143. The zero-order valence-corrected chi connectivity index (χ0v) is 16.3. The van der Waals surface area contributed by atoms with Gasteiger partial charge in [0.25, 0.3) is 5.91 Å². The highest BCUT2D eigenvalue weighted by Crippen LogP contribution is 2.25. The van der Waals surface area contributed by atoms with E-state index in [0.717, 1.165) is 42.3 Å². The summed E-state index contributed by atoms with van der Waals surface area (Å²) in [6.45, 7) is 4.32. The first-order valence-corrected chi connectivity index (χ1v) is 10.3. The molecule has 0 spiro atoms. The third kappa shape index (κ3) is 4.23. The normalized spacial score (nSPS) is 16.2. The molecule has 26 heavy (non-hydrogen) atoms. The number of hydrogen-bond donors (Lipinski definition) is 0. The molecule has 1 amide bonds. The van der Waals surface area contributed by atoms with Gasteiger partial charge in [-0.05, 0) is 43.9 Å². The molecule has 140 valence electrons. The molecule has 0 saturated heterocycles. The molecular weight excluding hydrogens is 348 g/mol. The summed E-state index contributed by atoms with van der Waals surface area (Å²) in [5, 5.41) is 0. The lowest BCUT2D eigenvalue weighted by Gasteiger charge is -2.17. The number of esters is 1. The monoisotopic (exact) mass is 374 g/mol. The molecule has 2 aromatic rings. The minimum Gasteiger partial charge on any atom is -0.465 e. The second-order valence-electron chi connectivity index (χ2n) is 6.72. The molecule has 5 nitrogen and oxygen atoms in total. The van der Waals surface area contributed by atoms with Crippen LogP contribution in [-0.4, -0.2) is 23.1 Å². The molecule has 6 heteroatoms. The first-order chi connectivity index (χ1) is 12.6. The number of thiazole rings is 1. The predicted molar refractivity (Wildman–Crippen MR) is 103 cm³/mol. The summed E-state index contributed by atoms with van der Waals surface area (Å²) in [5.74, 6) is -0.334. The van der Waals surface area contributed by atoms with Gasteiger partial charge in [0.15, 0.2) is 4.80 Å². The number of hydrogen-bond acceptors (Lipinski definition) is 4. The fourth-order valence-corrected chi connectivity index (χ4v) is 4.54. The maximum atomic E-state index is 12.6. The minimum absolute atomic E-state index is 0.0243. The van der Waals surface area contributed by atoms with Gasteiger partial charge in [-0.25, -0.2) is 0 Å². The molecule has 0 atom stereocenters. The third-order valence-corrected chi connectivity index (χ3v) is 5.95. The standard InChI is InChI=1S/C20H26N2O3S/c1-3-14-10-11-16-17(12-14)26-20(22(16)13-18(23)25-4-2)21-19(24)15-8-6-5-7-9-15/h10-12,15H,3-9,13H2,1-2H3. The molecule has 1 saturated carbocycles. The smallest absolute Gasteiger partial charge is 0.326 e. The molecular formula is C20H26N2O3S. The van der Waals surface area contributed by atoms with Crippen LogP contribution in [0, 0.1) is 5.92 Å². The molecule has 1 heterocycles. The molecule has 0 unspecified atom stereocenters. The Morgan fingerprint density at radius 2 is 2.00 bits per heavy atom. The highest BCUT2D eigenvalue weighted by Gasteiger charge is 2.21. The zero-order chi connectivity index (χ0) is 18.5. The summed E-state index contributed by atoms with van der Waals surface area (Å²) in [7, 11) is 0. The van der Waals surface area contributed by atoms with Crippen molar-refractivity contribution < 1.29 is 14.3 Å². The van der Waals surface area contributed by atoms with Crippen molar-refractivity contribution in [1.82, 2.24) is 4.57 Å². The van der Waals surface area contributed by atoms with E-state index in [-0.39, 0.29) is 24.3 Å². The van der Waals surface area contributed by atoms with Crippen LogP contribution in [0.15, 0.2) is 23.2 Å². The summed E-state index contributed by atoms with van der Waals surface area (Å²) in [4.78, 5) is 29.7. The van der Waals surface area contributed by atoms with Crippen molar-refractivity contribution in [3.63, 3.8) is 0 Å². The van der Waals surface area contributed by atoms with Gasteiger partial charge in [0.2, 0.25) is 0 Å². The molecule has 0 radical (unpaired) electrons. The number of ether oxygens (including phenoxy) is 1. The Hall–Kier alpha value is -1.95. The number of aromatic nitrogens is 1. The Morgan fingerprint density at radius 1 is 1.23 bits per heavy atom. The quantitative estimate of drug-likeness (QED) is 0.747. The van der Waals surface area contributed by atoms with Crippen molar-refractivity contribution >= 4 is 33.4 Å². The van der Waals surface area contributed by atoms with Crippen LogP contribution in [0.1, 0.15) is 51.5 Å². The lowest BCUT2D eigenvalue weighted by atomic mass is 9.89. The van der Waals surface area contributed by atoms with Crippen molar-refractivity contribution in [1.29, 1.82) is 0 Å². The number of carbonyl (C=O) groups excluding carboxylic acids is 2. The first-order valence-electron chi connectivity index (χ1n) is 9.48. The third-order valence-electron chi connectivity index (χ3n) is 4.91. The van der Waals surface area contributed by atoms with E-state index in [9.17, 15) is 9.59 Å². The fourth-order valence-electron chi connectivity index (χ4n) is 3.45. The van der Waals surface area contributed by atoms with Crippen LogP contribution in [0.25, 0.3) is 10.2 Å². The van der Waals surface area contributed by atoms with Crippen LogP contribution in [0.4, 0.5) is 0 Å². The van der Waals surface area contributed by atoms with Gasteiger partial charge < -0.3 is 9.30 Å². The van der Waals surface area contributed by atoms with Crippen LogP contribution >= 0.6 is 11.3 Å². The van der Waals surface area contributed by atoms with E-state index in [1.165, 1.54) is 23.3 Å². The van der Waals surface area contributed by atoms with E-state index in [1.807, 2.05) is 10.6 Å². The number of carbonyl (C=O) groups is 2. The molecule has 1 aromatic heterocycles. The van der Waals surface area contributed by atoms with Gasteiger partial charge in [0.1, 0.15) is 6.54 Å². The zero-order valence-electron chi connectivity index (χ0n) is 15.5.